The number of hydrogen-bond donors (Lipinski definition) is 2. The zero-order valence-corrected chi connectivity index (χ0v) is 19.2. The number of aromatic amines is 1. The van der Waals surface area contributed by atoms with E-state index in [1.54, 1.807) is 22.3 Å². The maximum Gasteiger partial charge on any atom is 0.283 e. The minimum atomic E-state index is -0.212. The van der Waals surface area contributed by atoms with Crippen LogP contribution in [0.25, 0.3) is 27.8 Å². The number of rotatable bonds is 6. The first-order chi connectivity index (χ1) is 16.1. The molecule has 7 nitrogen and oxygen atoms in total. The van der Waals surface area contributed by atoms with Crippen LogP contribution in [-0.4, -0.2) is 31.2 Å². The van der Waals surface area contributed by atoms with Crippen molar-refractivity contribution < 1.29 is 4.79 Å². The summed E-state index contributed by atoms with van der Waals surface area (Å²) < 4.78 is 1.56. The van der Waals surface area contributed by atoms with Crippen LogP contribution in [0.5, 0.6) is 0 Å². The van der Waals surface area contributed by atoms with Crippen LogP contribution in [-0.2, 0) is 4.79 Å². The molecule has 0 bridgehead atoms. The molecule has 2 aromatic carbocycles. The van der Waals surface area contributed by atoms with Gasteiger partial charge in [-0.15, -0.1) is 11.3 Å². The fourth-order valence-corrected chi connectivity index (χ4v) is 4.89. The Hall–Kier alpha value is -3.69. The van der Waals surface area contributed by atoms with E-state index in [9.17, 15) is 9.59 Å². The number of fused-ring (bicyclic) bond motifs is 1. The molecule has 2 N–H and O–H groups in total. The Morgan fingerprint density at radius 1 is 1.18 bits per heavy atom. The van der Waals surface area contributed by atoms with Gasteiger partial charge in [0.15, 0.2) is 10.3 Å². The summed E-state index contributed by atoms with van der Waals surface area (Å²) >= 11 is 2.57. The van der Waals surface area contributed by atoms with Gasteiger partial charge in [0.2, 0.25) is 5.91 Å². The van der Waals surface area contributed by atoms with E-state index in [1.807, 2.05) is 61.5 Å². The number of hydrogen-bond acceptors (Lipinski definition) is 6. The van der Waals surface area contributed by atoms with Crippen LogP contribution in [0.2, 0.25) is 0 Å². The molecule has 0 aliphatic carbocycles. The highest BCUT2D eigenvalue weighted by molar-refractivity contribution is 7.99. The molecule has 0 saturated heterocycles. The molecule has 0 spiro atoms. The fourth-order valence-electron chi connectivity index (χ4n) is 3.54. The first-order valence-electron chi connectivity index (χ1n) is 10.2. The summed E-state index contributed by atoms with van der Waals surface area (Å²) in [5.74, 6) is -0.119. The van der Waals surface area contributed by atoms with E-state index in [4.69, 9.17) is 4.98 Å². The van der Waals surface area contributed by atoms with Crippen LogP contribution >= 0.6 is 23.1 Å². The van der Waals surface area contributed by atoms with Crippen molar-refractivity contribution in [1.29, 1.82) is 0 Å². The Morgan fingerprint density at radius 3 is 2.79 bits per heavy atom. The molecule has 0 aliphatic rings. The highest BCUT2D eigenvalue weighted by Gasteiger charge is 2.19. The third kappa shape index (κ3) is 4.33. The number of aryl methyl sites for hydroxylation is 1. The quantitative estimate of drug-likeness (QED) is 0.271. The highest BCUT2D eigenvalue weighted by Crippen LogP contribution is 2.29. The Labute approximate surface area is 197 Å². The van der Waals surface area contributed by atoms with Gasteiger partial charge in [-0.05, 0) is 30.2 Å². The lowest BCUT2D eigenvalue weighted by Gasteiger charge is -2.13. The van der Waals surface area contributed by atoms with Crippen molar-refractivity contribution in [1.82, 2.24) is 19.5 Å². The van der Waals surface area contributed by atoms with E-state index in [0.717, 1.165) is 16.7 Å². The predicted octanol–water partition coefficient (Wildman–Crippen LogP) is 4.88. The van der Waals surface area contributed by atoms with Gasteiger partial charge in [-0.25, -0.2) is 9.97 Å². The smallest absolute Gasteiger partial charge is 0.283 e. The SMILES string of the molecule is Cc1cccc(-n2c(SCC(=O)Nc3nccs3)nc3c(-c4ccccc4)c[nH]c3c2=O)c1. The molecular formula is C24H19N5O2S2. The number of nitrogens with one attached hydrogen (secondary N) is 2. The molecule has 3 heterocycles. The molecule has 5 aromatic rings. The van der Waals surface area contributed by atoms with Crippen LogP contribution in [0.1, 0.15) is 5.56 Å². The summed E-state index contributed by atoms with van der Waals surface area (Å²) in [4.78, 5) is 38.1. The molecule has 0 saturated carbocycles. The molecule has 0 atom stereocenters. The second-order valence-electron chi connectivity index (χ2n) is 7.34. The number of amides is 1. The summed E-state index contributed by atoms with van der Waals surface area (Å²) in [5, 5.41) is 5.55. The average Bonchev–Trinajstić information content (AvgIpc) is 3.48. The number of nitrogens with zero attached hydrogens (tertiary/aromatic N) is 3. The molecular weight excluding hydrogens is 454 g/mol. The zero-order valence-electron chi connectivity index (χ0n) is 17.6. The molecule has 3 aromatic heterocycles. The maximum absolute atomic E-state index is 13.6. The summed E-state index contributed by atoms with van der Waals surface area (Å²) in [6.45, 7) is 1.97. The van der Waals surface area contributed by atoms with E-state index in [1.165, 1.54) is 23.1 Å². The minimum Gasteiger partial charge on any atom is -0.355 e. The average molecular weight is 474 g/mol. The molecule has 33 heavy (non-hydrogen) atoms. The first kappa shape index (κ1) is 21.2. The van der Waals surface area contributed by atoms with E-state index < -0.39 is 0 Å². The standard InChI is InChI=1S/C24H19N5O2S2/c1-15-6-5-9-17(12-15)29-22(31)21-20(18(13-26-21)16-7-3-2-4-8-16)28-24(29)33-14-19(30)27-23-25-10-11-32-23/h2-13,26H,14H2,1H3,(H,25,27,30). The summed E-state index contributed by atoms with van der Waals surface area (Å²) in [7, 11) is 0. The Morgan fingerprint density at radius 2 is 2.03 bits per heavy atom. The lowest BCUT2D eigenvalue weighted by Crippen LogP contribution is -2.23. The largest absolute Gasteiger partial charge is 0.355 e. The number of H-pyrrole nitrogens is 1. The predicted molar refractivity (Wildman–Crippen MR) is 133 cm³/mol. The van der Waals surface area contributed by atoms with Crippen molar-refractivity contribution >= 4 is 45.2 Å². The molecule has 9 heteroatoms. The summed E-state index contributed by atoms with van der Waals surface area (Å²) in [6, 6.07) is 17.4. The number of thioether (sulfide) groups is 1. The Balaban J connectivity index is 1.60. The third-order valence-corrected chi connectivity index (χ3v) is 6.65. The number of aromatic nitrogens is 4. The van der Waals surface area contributed by atoms with Gasteiger partial charge in [-0.1, -0.05) is 54.2 Å². The Kier molecular flexibility index (Phi) is 5.80. The summed E-state index contributed by atoms with van der Waals surface area (Å²) in [5.41, 5.74) is 4.32. The molecule has 0 unspecified atom stereocenters. The van der Waals surface area contributed by atoms with Gasteiger partial charge in [-0.2, -0.15) is 0 Å². The van der Waals surface area contributed by atoms with Gasteiger partial charge in [0, 0.05) is 23.3 Å². The van der Waals surface area contributed by atoms with Gasteiger partial charge < -0.3 is 10.3 Å². The van der Waals surface area contributed by atoms with Crippen molar-refractivity contribution in [3.8, 4) is 16.8 Å². The number of carbonyl (C=O) groups is 1. The Bertz CT molecular complexity index is 1490. The van der Waals surface area contributed by atoms with E-state index in [2.05, 4.69) is 15.3 Å². The van der Waals surface area contributed by atoms with Gasteiger partial charge in [0.25, 0.3) is 5.56 Å². The van der Waals surface area contributed by atoms with Gasteiger partial charge in [0.1, 0.15) is 11.0 Å². The molecule has 0 aliphatic heterocycles. The van der Waals surface area contributed by atoms with Gasteiger partial charge in [0.05, 0.1) is 11.4 Å². The maximum atomic E-state index is 13.6. The second kappa shape index (κ2) is 9.05. The van der Waals surface area contributed by atoms with Crippen molar-refractivity contribution in [3.63, 3.8) is 0 Å². The number of anilines is 1. The number of benzene rings is 2. The van der Waals surface area contributed by atoms with Crippen LogP contribution < -0.4 is 10.9 Å². The van der Waals surface area contributed by atoms with Crippen LogP contribution in [0.4, 0.5) is 5.13 Å². The van der Waals surface area contributed by atoms with Crippen LogP contribution in [0.15, 0.2) is 82.3 Å². The third-order valence-electron chi connectivity index (χ3n) is 5.02. The number of thiazole rings is 1. The summed E-state index contributed by atoms with van der Waals surface area (Å²) in [6.07, 6.45) is 3.44. The van der Waals surface area contributed by atoms with Crippen molar-refractivity contribution in [2.75, 3.05) is 11.1 Å². The van der Waals surface area contributed by atoms with E-state index in [-0.39, 0.29) is 17.2 Å². The second-order valence-corrected chi connectivity index (χ2v) is 9.18. The van der Waals surface area contributed by atoms with Crippen molar-refractivity contribution in [3.05, 3.63) is 88.3 Å². The molecule has 0 radical (unpaired) electrons. The van der Waals surface area contributed by atoms with Crippen LogP contribution in [0.3, 0.4) is 0 Å². The molecule has 0 fully saturated rings. The van der Waals surface area contributed by atoms with Crippen molar-refractivity contribution in [2.45, 2.75) is 12.1 Å². The van der Waals surface area contributed by atoms with Crippen molar-refractivity contribution in [2.24, 2.45) is 0 Å². The van der Waals surface area contributed by atoms with E-state index >= 15 is 0 Å². The van der Waals surface area contributed by atoms with Gasteiger partial charge >= 0.3 is 0 Å². The monoisotopic (exact) mass is 473 g/mol. The normalized spacial score (nSPS) is 11.1. The molecule has 1 amide bonds. The number of carbonyl (C=O) groups excluding carboxylic acids is 1. The fraction of sp³-hybridized carbons (Fsp3) is 0.0833. The zero-order chi connectivity index (χ0) is 22.8. The molecule has 164 valence electrons. The first-order valence-corrected chi connectivity index (χ1v) is 12.1. The topological polar surface area (TPSA) is 92.7 Å². The van der Waals surface area contributed by atoms with E-state index in [0.29, 0.717) is 27.0 Å². The molecule has 5 rings (SSSR count). The van der Waals surface area contributed by atoms with Gasteiger partial charge in [-0.3, -0.25) is 14.2 Å². The van der Waals surface area contributed by atoms with Crippen LogP contribution in [0, 0.1) is 6.92 Å². The minimum absolute atomic E-state index is 0.0917. The highest BCUT2D eigenvalue weighted by atomic mass is 32.2. The lowest BCUT2D eigenvalue weighted by atomic mass is 10.1. The lowest BCUT2D eigenvalue weighted by molar-refractivity contribution is -0.113.